The first-order chi connectivity index (χ1) is 11.6. The van der Waals surface area contributed by atoms with Gasteiger partial charge >= 0.3 is 0 Å². The molecule has 0 radical (unpaired) electrons. The van der Waals surface area contributed by atoms with Crippen molar-refractivity contribution in [1.82, 2.24) is 9.88 Å². The van der Waals surface area contributed by atoms with Gasteiger partial charge in [-0.1, -0.05) is 18.2 Å². The van der Waals surface area contributed by atoms with Crippen LogP contribution in [0.4, 0.5) is 0 Å². The lowest BCUT2D eigenvalue weighted by Crippen LogP contribution is -2.40. The summed E-state index contributed by atoms with van der Waals surface area (Å²) in [4.78, 5) is 18.6. The van der Waals surface area contributed by atoms with E-state index in [0.29, 0.717) is 12.5 Å². The molecule has 3 heterocycles. The molecule has 128 valence electrons. The lowest BCUT2D eigenvalue weighted by molar-refractivity contribution is 0.00139. The van der Waals surface area contributed by atoms with Crippen molar-refractivity contribution in [3.05, 3.63) is 35.5 Å². The first-order valence-electron chi connectivity index (χ1n) is 8.79. The molecule has 2 aliphatic rings. The van der Waals surface area contributed by atoms with E-state index in [9.17, 15) is 4.79 Å². The molecule has 1 unspecified atom stereocenters. The molecule has 2 saturated heterocycles. The molecule has 1 aromatic carbocycles. The summed E-state index contributed by atoms with van der Waals surface area (Å²) in [5.41, 5.74) is 8.97. The number of benzene rings is 1. The Morgan fingerprint density at radius 3 is 2.88 bits per heavy atom. The molecule has 0 saturated carbocycles. The average molecular weight is 327 g/mol. The van der Waals surface area contributed by atoms with Gasteiger partial charge in [-0.05, 0) is 43.7 Å². The van der Waals surface area contributed by atoms with Crippen molar-refractivity contribution in [2.24, 2.45) is 17.1 Å². The third kappa shape index (κ3) is 2.34. The highest BCUT2D eigenvalue weighted by Gasteiger charge is 2.48. The predicted octanol–water partition coefficient (Wildman–Crippen LogP) is 2.30. The van der Waals surface area contributed by atoms with Crippen LogP contribution in [0.2, 0.25) is 0 Å². The zero-order chi connectivity index (χ0) is 16.7. The molecule has 1 atom stereocenters. The van der Waals surface area contributed by atoms with Crippen LogP contribution in [0.1, 0.15) is 28.9 Å². The lowest BCUT2D eigenvalue weighted by atomic mass is 9.72. The summed E-state index contributed by atoms with van der Waals surface area (Å²) in [5.74, 6) is 0.502. The largest absolute Gasteiger partial charge is 0.381 e. The smallest absolute Gasteiger partial charge is 0.256 e. The minimum atomic E-state index is 0.131. The third-order valence-electron chi connectivity index (χ3n) is 5.98. The van der Waals surface area contributed by atoms with E-state index >= 15 is 0 Å². The number of hydrogen-bond donors (Lipinski definition) is 2. The van der Waals surface area contributed by atoms with E-state index < -0.39 is 0 Å². The number of nitrogens with one attached hydrogen (secondary N) is 1. The number of carbonyl (C=O) groups is 1. The number of nitrogens with two attached hydrogens (primary N) is 1. The van der Waals surface area contributed by atoms with Crippen LogP contribution in [-0.4, -0.2) is 48.6 Å². The van der Waals surface area contributed by atoms with E-state index in [1.54, 1.807) is 0 Å². The lowest BCUT2D eigenvalue weighted by Gasteiger charge is -2.37. The van der Waals surface area contributed by atoms with Crippen LogP contribution in [0.3, 0.4) is 0 Å². The van der Waals surface area contributed by atoms with Crippen LogP contribution in [0.5, 0.6) is 0 Å². The van der Waals surface area contributed by atoms with Crippen LogP contribution >= 0.6 is 0 Å². The van der Waals surface area contributed by atoms with Crippen molar-refractivity contribution in [3.63, 3.8) is 0 Å². The van der Waals surface area contributed by atoms with Gasteiger partial charge in [0.25, 0.3) is 5.91 Å². The Labute approximate surface area is 142 Å². The molecule has 3 N–H and O–H groups in total. The number of aromatic amines is 1. The maximum Gasteiger partial charge on any atom is 0.256 e. The molecule has 5 heteroatoms. The highest BCUT2D eigenvalue weighted by atomic mass is 16.5. The Balaban J connectivity index is 1.66. The Hall–Kier alpha value is -1.85. The van der Waals surface area contributed by atoms with Crippen molar-refractivity contribution < 1.29 is 9.53 Å². The molecule has 5 nitrogen and oxygen atoms in total. The van der Waals surface area contributed by atoms with Crippen molar-refractivity contribution >= 4 is 16.8 Å². The van der Waals surface area contributed by atoms with E-state index in [-0.39, 0.29) is 11.3 Å². The quantitative estimate of drug-likeness (QED) is 0.889. The number of ether oxygens (including phenoxy) is 1. The molecular formula is C19H25N3O2. The Bertz CT molecular complexity index is 761. The first kappa shape index (κ1) is 15.7. The second kappa shape index (κ2) is 5.90. The summed E-state index contributed by atoms with van der Waals surface area (Å²) < 4.78 is 5.54. The summed E-state index contributed by atoms with van der Waals surface area (Å²) in [5, 5.41) is 1.01. The summed E-state index contributed by atoms with van der Waals surface area (Å²) in [6, 6.07) is 8.02. The van der Waals surface area contributed by atoms with Gasteiger partial charge in [0.05, 0.1) is 5.56 Å². The summed E-state index contributed by atoms with van der Waals surface area (Å²) in [7, 11) is 0. The molecule has 24 heavy (non-hydrogen) atoms. The van der Waals surface area contributed by atoms with Crippen LogP contribution in [-0.2, 0) is 4.74 Å². The summed E-state index contributed by atoms with van der Waals surface area (Å²) >= 11 is 0. The van der Waals surface area contributed by atoms with E-state index in [1.807, 2.05) is 36.1 Å². The molecule has 1 spiro atoms. The fourth-order valence-electron chi connectivity index (χ4n) is 4.57. The second-order valence-electron chi connectivity index (χ2n) is 7.26. The van der Waals surface area contributed by atoms with Gasteiger partial charge in [-0.25, -0.2) is 0 Å². The number of aryl methyl sites for hydroxylation is 1. The van der Waals surface area contributed by atoms with Gasteiger partial charge in [0.1, 0.15) is 0 Å². The Morgan fingerprint density at radius 2 is 2.12 bits per heavy atom. The molecule has 1 amide bonds. The van der Waals surface area contributed by atoms with Gasteiger partial charge in [-0.15, -0.1) is 0 Å². The normalized spacial score (nSPS) is 23.2. The maximum absolute atomic E-state index is 13.3. The zero-order valence-electron chi connectivity index (χ0n) is 14.2. The fourth-order valence-corrected chi connectivity index (χ4v) is 4.57. The number of para-hydroxylation sites is 1. The summed E-state index contributed by atoms with van der Waals surface area (Å²) in [6.45, 7) is 5.74. The molecule has 1 aromatic heterocycles. The summed E-state index contributed by atoms with van der Waals surface area (Å²) in [6.07, 6.45) is 2.01. The van der Waals surface area contributed by atoms with Crippen molar-refractivity contribution in [3.8, 4) is 0 Å². The SMILES string of the molecule is Cc1[nH]c2ccccc2c1C(=O)N1CC(CN)C2(CCOCC2)C1. The van der Waals surface area contributed by atoms with Crippen LogP contribution in [0, 0.1) is 18.3 Å². The molecular weight excluding hydrogens is 302 g/mol. The van der Waals surface area contributed by atoms with Gasteiger partial charge in [-0.2, -0.15) is 0 Å². The maximum atomic E-state index is 13.3. The monoisotopic (exact) mass is 327 g/mol. The average Bonchev–Trinajstić information content (AvgIpc) is 3.12. The van der Waals surface area contributed by atoms with Gasteiger partial charge in [0.15, 0.2) is 0 Å². The van der Waals surface area contributed by atoms with Crippen LogP contribution < -0.4 is 5.73 Å². The van der Waals surface area contributed by atoms with E-state index in [4.69, 9.17) is 10.5 Å². The van der Waals surface area contributed by atoms with Gasteiger partial charge in [-0.3, -0.25) is 4.79 Å². The van der Waals surface area contributed by atoms with Crippen LogP contribution in [0.25, 0.3) is 10.9 Å². The van der Waals surface area contributed by atoms with E-state index in [2.05, 4.69) is 4.98 Å². The number of aromatic nitrogens is 1. The van der Waals surface area contributed by atoms with Crippen molar-refractivity contribution in [2.75, 3.05) is 32.8 Å². The van der Waals surface area contributed by atoms with Gasteiger partial charge in [0.2, 0.25) is 0 Å². The van der Waals surface area contributed by atoms with Gasteiger partial charge in [0, 0.05) is 42.9 Å². The van der Waals surface area contributed by atoms with Crippen molar-refractivity contribution in [2.45, 2.75) is 19.8 Å². The fraction of sp³-hybridized carbons (Fsp3) is 0.526. The number of likely N-dealkylation sites (tertiary alicyclic amines) is 1. The minimum absolute atomic E-state index is 0.131. The highest BCUT2D eigenvalue weighted by molar-refractivity contribution is 6.08. The Kier molecular flexibility index (Phi) is 3.85. The molecule has 2 aromatic rings. The number of carbonyl (C=O) groups excluding carboxylic acids is 1. The molecule has 4 rings (SSSR count). The van der Waals surface area contributed by atoms with Gasteiger partial charge < -0.3 is 20.4 Å². The number of amides is 1. The van der Waals surface area contributed by atoms with Crippen LogP contribution in [0.15, 0.2) is 24.3 Å². The molecule has 0 bridgehead atoms. The number of rotatable bonds is 2. The predicted molar refractivity (Wildman–Crippen MR) is 94.0 cm³/mol. The molecule has 0 aliphatic carbocycles. The van der Waals surface area contributed by atoms with Crippen molar-refractivity contribution in [1.29, 1.82) is 0 Å². The standard InChI is InChI=1S/C19H25N3O2/c1-13-17(15-4-2-3-5-16(15)21-13)18(23)22-11-14(10-20)19(12-22)6-8-24-9-7-19/h2-5,14,21H,6-12,20H2,1H3. The first-order valence-corrected chi connectivity index (χ1v) is 8.79. The van der Waals surface area contributed by atoms with E-state index in [0.717, 1.165) is 61.3 Å². The number of hydrogen-bond acceptors (Lipinski definition) is 3. The third-order valence-corrected chi connectivity index (χ3v) is 5.98. The Morgan fingerprint density at radius 1 is 1.38 bits per heavy atom. The van der Waals surface area contributed by atoms with E-state index in [1.165, 1.54) is 0 Å². The molecule has 2 aliphatic heterocycles. The highest BCUT2D eigenvalue weighted by Crippen LogP contribution is 2.44. The second-order valence-corrected chi connectivity index (χ2v) is 7.26. The topological polar surface area (TPSA) is 71.4 Å². The number of H-pyrrole nitrogens is 1. The molecule has 2 fully saturated rings. The number of fused-ring (bicyclic) bond motifs is 1. The minimum Gasteiger partial charge on any atom is -0.381 e. The number of nitrogens with zero attached hydrogens (tertiary/aromatic N) is 1. The zero-order valence-corrected chi connectivity index (χ0v) is 14.2.